The van der Waals surface area contributed by atoms with Crippen molar-refractivity contribution in [3.8, 4) is 0 Å². The molecule has 0 aromatic rings. The molecule has 1 saturated heterocycles. The van der Waals surface area contributed by atoms with E-state index in [1.807, 2.05) is 0 Å². The van der Waals surface area contributed by atoms with E-state index in [4.69, 9.17) is 9.47 Å². The second kappa shape index (κ2) is 56.9. The van der Waals surface area contributed by atoms with E-state index in [-0.39, 0.29) is 12.5 Å². The van der Waals surface area contributed by atoms with Gasteiger partial charge in [0.15, 0.2) is 6.29 Å². The molecular weight excluding hydrogens is 959 g/mol. The molecule has 9 nitrogen and oxygen atoms in total. The van der Waals surface area contributed by atoms with Crippen LogP contribution in [0.3, 0.4) is 0 Å². The largest absolute Gasteiger partial charge is 0.394 e. The summed E-state index contributed by atoms with van der Waals surface area (Å²) >= 11 is 0. The first-order chi connectivity index (χ1) is 37.8. The number of ether oxygens (including phenoxy) is 2. The van der Waals surface area contributed by atoms with Gasteiger partial charge in [0, 0.05) is 6.42 Å². The Hall–Kier alpha value is -2.37. The number of allylic oxidation sites excluding steroid dienone is 12. The van der Waals surface area contributed by atoms with Crippen molar-refractivity contribution in [2.75, 3.05) is 13.2 Å². The SMILES string of the molecule is CC/C=C\C/C=C\C/C=C\C/C=C\C/C=C\C/C=C\CCCCCCCCCCCCCCCCCCCCCCC(=O)NC(COC1OC(CO)C(O)C(O)C1O)C(O)CCCCCCCCCCCCCCCCC. The molecule has 1 aliphatic rings. The average molecular weight is 1080 g/mol. The van der Waals surface area contributed by atoms with Crippen molar-refractivity contribution < 1.29 is 39.8 Å². The minimum Gasteiger partial charge on any atom is -0.394 e. The first kappa shape index (κ1) is 72.6. The van der Waals surface area contributed by atoms with Crippen LogP contribution < -0.4 is 5.32 Å². The lowest BCUT2D eigenvalue weighted by molar-refractivity contribution is -0.302. The molecule has 448 valence electrons. The van der Waals surface area contributed by atoms with Crippen molar-refractivity contribution >= 4 is 5.91 Å². The Morgan fingerprint density at radius 1 is 0.455 bits per heavy atom. The van der Waals surface area contributed by atoms with Crippen LogP contribution in [-0.2, 0) is 14.3 Å². The third-order valence-corrected chi connectivity index (χ3v) is 15.3. The van der Waals surface area contributed by atoms with Gasteiger partial charge in [-0.05, 0) is 64.2 Å². The van der Waals surface area contributed by atoms with Crippen LogP contribution in [-0.4, -0.2) is 87.5 Å². The number of nitrogens with one attached hydrogen (secondary N) is 1. The third kappa shape index (κ3) is 46.0. The van der Waals surface area contributed by atoms with Crippen LogP contribution >= 0.6 is 0 Å². The second-order valence-corrected chi connectivity index (χ2v) is 22.5. The van der Waals surface area contributed by atoms with E-state index >= 15 is 0 Å². The highest BCUT2D eigenvalue weighted by Gasteiger charge is 2.44. The molecule has 0 aromatic carbocycles. The van der Waals surface area contributed by atoms with Crippen molar-refractivity contribution in [3.05, 3.63) is 72.9 Å². The van der Waals surface area contributed by atoms with Crippen molar-refractivity contribution in [3.63, 3.8) is 0 Å². The Bertz CT molecular complexity index is 1440. The van der Waals surface area contributed by atoms with Gasteiger partial charge in [0.2, 0.25) is 5.91 Å². The zero-order chi connectivity index (χ0) is 55.8. The molecule has 9 heteroatoms. The van der Waals surface area contributed by atoms with Gasteiger partial charge in [-0.25, -0.2) is 0 Å². The van der Waals surface area contributed by atoms with Crippen LogP contribution in [0, 0.1) is 0 Å². The van der Waals surface area contributed by atoms with Gasteiger partial charge in [-0.2, -0.15) is 0 Å². The standard InChI is InChI=1S/C68H123NO8/c1-3-5-7-9-11-13-15-17-19-20-21-22-23-24-25-26-27-28-29-30-31-32-33-34-35-36-37-38-39-40-41-42-44-46-48-50-52-54-56-58-64(72)69-61(60-76-68-67(75)66(74)65(73)63(59-70)77-68)62(71)57-55-53-51-49-47-45-43-18-16-14-12-10-8-6-4-2/h5,7,11,13,17,19,21-22,24-25,27-28,61-63,65-68,70-71,73-75H,3-4,6,8-10,12,14-16,18,20,23,26,29-60H2,1-2H3,(H,69,72)/b7-5-,13-11-,19-17-,22-21-,25-24-,28-27-. The van der Waals surface area contributed by atoms with Crippen molar-refractivity contribution in [2.45, 2.75) is 339 Å². The Morgan fingerprint density at radius 2 is 0.805 bits per heavy atom. The minimum atomic E-state index is -1.55. The second-order valence-electron chi connectivity index (χ2n) is 22.5. The summed E-state index contributed by atoms with van der Waals surface area (Å²) in [5.41, 5.74) is 0. The Morgan fingerprint density at radius 3 is 1.19 bits per heavy atom. The summed E-state index contributed by atoms with van der Waals surface area (Å²) in [6.45, 7) is 3.74. The maximum atomic E-state index is 13.1. The monoisotopic (exact) mass is 1080 g/mol. The number of amides is 1. The molecule has 1 heterocycles. The van der Waals surface area contributed by atoms with E-state index in [1.165, 1.54) is 193 Å². The van der Waals surface area contributed by atoms with Gasteiger partial charge in [-0.1, -0.05) is 299 Å². The summed E-state index contributed by atoms with van der Waals surface area (Å²) in [6, 6.07) is -0.719. The summed E-state index contributed by atoms with van der Waals surface area (Å²) in [4.78, 5) is 13.1. The molecule has 7 atom stereocenters. The molecule has 6 N–H and O–H groups in total. The number of aliphatic hydroxyl groups excluding tert-OH is 5. The van der Waals surface area contributed by atoms with Crippen LogP contribution in [0.2, 0.25) is 0 Å². The number of carbonyl (C=O) groups is 1. The smallest absolute Gasteiger partial charge is 0.220 e. The maximum absolute atomic E-state index is 13.1. The van der Waals surface area contributed by atoms with Crippen LogP contribution in [0.1, 0.15) is 296 Å². The van der Waals surface area contributed by atoms with Gasteiger partial charge in [0.05, 0.1) is 25.4 Å². The Kier molecular flexibility index (Phi) is 53.7. The molecule has 1 fully saturated rings. The van der Waals surface area contributed by atoms with E-state index in [9.17, 15) is 30.3 Å². The van der Waals surface area contributed by atoms with Gasteiger partial charge >= 0.3 is 0 Å². The Labute approximate surface area is 474 Å². The normalized spacial score (nSPS) is 19.2. The first-order valence-corrected chi connectivity index (χ1v) is 32.6. The lowest BCUT2D eigenvalue weighted by Crippen LogP contribution is -2.60. The highest BCUT2D eigenvalue weighted by Crippen LogP contribution is 2.23. The summed E-state index contributed by atoms with van der Waals surface area (Å²) in [7, 11) is 0. The fourth-order valence-corrected chi connectivity index (χ4v) is 10.2. The minimum absolute atomic E-state index is 0.136. The number of unbranched alkanes of at least 4 members (excludes halogenated alkanes) is 34. The van der Waals surface area contributed by atoms with Crippen molar-refractivity contribution in [1.29, 1.82) is 0 Å². The molecule has 0 radical (unpaired) electrons. The summed E-state index contributed by atoms with van der Waals surface area (Å²) in [5.74, 6) is -0.141. The van der Waals surface area contributed by atoms with E-state index in [0.29, 0.717) is 12.8 Å². The van der Waals surface area contributed by atoms with E-state index in [1.54, 1.807) is 0 Å². The molecule has 77 heavy (non-hydrogen) atoms. The number of hydrogen-bond donors (Lipinski definition) is 6. The fraction of sp³-hybridized carbons (Fsp3) is 0.809. The predicted octanol–water partition coefficient (Wildman–Crippen LogP) is 17.2. The zero-order valence-corrected chi connectivity index (χ0v) is 50.0. The summed E-state index contributed by atoms with van der Waals surface area (Å²) < 4.78 is 11.3. The summed E-state index contributed by atoms with van der Waals surface area (Å²) in [6.07, 6.45) is 72.5. The topological polar surface area (TPSA) is 149 Å². The van der Waals surface area contributed by atoms with Gasteiger partial charge in [-0.3, -0.25) is 4.79 Å². The molecule has 1 aliphatic heterocycles. The fourth-order valence-electron chi connectivity index (χ4n) is 10.2. The summed E-state index contributed by atoms with van der Waals surface area (Å²) in [5, 5.41) is 54.7. The van der Waals surface area contributed by atoms with Gasteiger partial charge in [0.1, 0.15) is 24.4 Å². The van der Waals surface area contributed by atoms with E-state index < -0.39 is 49.5 Å². The average Bonchev–Trinajstić information content (AvgIpc) is 3.43. The maximum Gasteiger partial charge on any atom is 0.220 e. The number of carbonyl (C=O) groups excluding carboxylic acids is 1. The van der Waals surface area contributed by atoms with Crippen LogP contribution in [0.5, 0.6) is 0 Å². The quantitative estimate of drug-likeness (QED) is 0.0261. The van der Waals surface area contributed by atoms with Crippen molar-refractivity contribution in [1.82, 2.24) is 5.32 Å². The molecule has 0 aliphatic carbocycles. The third-order valence-electron chi connectivity index (χ3n) is 15.3. The molecule has 0 bridgehead atoms. The zero-order valence-electron chi connectivity index (χ0n) is 50.0. The lowest BCUT2D eigenvalue weighted by Gasteiger charge is -2.40. The van der Waals surface area contributed by atoms with E-state index in [2.05, 4.69) is 92.1 Å². The number of aliphatic hydroxyl groups is 5. The van der Waals surface area contributed by atoms with Gasteiger partial charge in [0.25, 0.3) is 0 Å². The molecule has 0 saturated carbocycles. The number of rotatable bonds is 56. The highest BCUT2D eigenvalue weighted by atomic mass is 16.7. The highest BCUT2D eigenvalue weighted by molar-refractivity contribution is 5.76. The molecule has 1 rings (SSSR count). The van der Waals surface area contributed by atoms with Gasteiger partial charge in [-0.15, -0.1) is 0 Å². The molecule has 0 spiro atoms. The lowest BCUT2D eigenvalue weighted by atomic mass is 9.99. The first-order valence-electron chi connectivity index (χ1n) is 32.6. The van der Waals surface area contributed by atoms with Crippen LogP contribution in [0.25, 0.3) is 0 Å². The molecule has 0 aromatic heterocycles. The van der Waals surface area contributed by atoms with Gasteiger partial charge < -0.3 is 40.3 Å². The van der Waals surface area contributed by atoms with Crippen LogP contribution in [0.15, 0.2) is 72.9 Å². The van der Waals surface area contributed by atoms with Crippen molar-refractivity contribution in [2.24, 2.45) is 0 Å². The molecule has 7 unspecified atom stereocenters. The molecular formula is C68H123NO8. The number of hydrogen-bond acceptors (Lipinski definition) is 8. The Balaban J connectivity index is 2.06. The van der Waals surface area contributed by atoms with Crippen LogP contribution in [0.4, 0.5) is 0 Å². The van der Waals surface area contributed by atoms with E-state index in [0.717, 1.165) is 77.0 Å². The predicted molar refractivity (Wildman–Crippen MR) is 327 cm³/mol. The molecule has 1 amide bonds.